The number of hydrogen-bond acceptors (Lipinski definition) is 6. The number of amides is 2. The van der Waals surface area contributed by atoms with Gasteiger partial charge in [-0.3, -0.25) is 19.2 Å². The van der Waals surface area contributed by atoms with Crippen molar-refractivity contribution in [3.63, 3.8) is 0 Å². The van der Waals surface area contributed by atoms with Crippen molar-refractivity contribution in [3.8, 4) is 11.5 Å². The zero-order chi connectivity index (χ0) is 27.7. The molecule has 0 radical (unpaired) electrons. The third-order valence-electron chi connectivity index (χ3n) is 7.11. The molecule has 2 amide bonds. The highest BCUT2D eigenvalue weighted by Crippen LogP contribution is 2.55. The molecular weight excluding hydrogens is 488 g/mol. The third-order valence-corrected chi connectivity index (χ3v) is 7.11. The minimum atomic E-state index is -1.22. The predicted molar refractivity (Wildman–Crippen MR) is 140 cm³/mol. The van der Waals surface area contributed by atoms with Crippen LogP contribution < -0.4 is 10.1 Å². The number of ether oxygens (including phenoxy) is 2. The Morgan fingerprint density at radius 1 is 0.974 bits per heavy atom. The minimum Gasteiger partial charge on any atom is -0.481 e. The molecule has 0 bridgehead atoms. The fourth-order valence-electron chi connectivity index (χ4n) is 5.11. The smallest absolute Gasteiger partial charge is 0.310 e. The molecule has 0 aromatic heterocycles. The van der Waals surface area contributed by atoms with Gasteiger partial charge in [-0.15, -0.1) is 0 Å². The van der Waals surface area contributed by atoms with Gasteiger partial charge in [-0.1, -0.05) is 43.7 Å². The van der Waals surface area contributed by atoms with E-state index in [4.69, 9.17) is 9.47 Å². The molecule has 2 N–H and O–H groups in total. The van der Waals surface area contributed by atoms with Crippen LogP contribution in [0.4, 0.5) is 0 Å². The summed E-state index contributed by atoms with van der Waals surface area (Å²) < 4.78 is 11.0. The maximum atomic E-state index is 13.3. The number of rotatable bonds is 13. The average Bonchev–Trinajstić information content (AvgIpc) is 2.89. The first-order chi connectivity index (χ1) is 18.2. The number of benzene rings is 2. The molecule has 9 heteroatoms. The van der Waals surface area contributed by atoms with E-state index in [9.17, 15) is 24.3 Å². The Morgan fingerprint density at radius 3 is 2.18 bits per heavy atom. The second-order valence-electron chi connectivity index (χ2n) is 9.45. The summed E-state index contributed by atoms with van der Waals surface area (Å²) in [4.78, 5) is 51.9. The minimum absolute atomic E-state index is 0.0613. The van der Waals surface area contributed by atoms with Gasteiger partial charge in [0.1, 0.15) is 11.5 Å². The van der Waals surface area contributed by atoms with Gasteiger partial charge in [-0.25, -0.2) is 0 Å². The van der Waals surface area contributed by atoms with E-state index in [1.54, 1.807) is 12.1 Å². The first kappa shape index (κ1) is 28.7. The van der Waals surface area contributed by atoms with E-state index in [0.29, 0.717) is 37.4 Å². The van der Waals surface area contributed by atoms with E-state index < -0.39 is 41.7 Å². The molecule has 3 unspecified atom stereocenters. The monoisotopic (exact) mass is 524 g/mol. The first-order valence-corrected chi connectivity index (χ1v) is 13.0. The van der Waals surface area contributed by atoms with Gasteiger partial charge in [0.15, 0.2) is 6.61 Å². The van der Waals surface area contributed by atoms with Crippen molar-refractivity contribution in [1.82, 2.24) is 10.2 Å². The summed E-state index contributed by atoms with van der Waals surface area (Å²) >= 11 is 0. The summed E-state index contributed by atoms with van der Waals surface area (Å²) in [5.74, 6) is -3.56. The maximum absolute atomic E-state index is 13.3. The molecule has 38 heavy (non-hydrogen) atoms. The number of para-hydroxylation sites is 1. The Labute approximate surface area is 223 Å². The van der Waals surface area contributed by atoms with Gasteiger partial charge >= 0.3 is 11.9 Å². The Kier molecular flexibility index (Phi) is 9.87. The summed E-state index contributed by atoms with van der Waals surface area (Å²) in [5.41, 5.74) is -0.397. The number of aliphatic carboxylic acids is 1. The molecule has 1 aliphatic rings. The topological polar surface area (TPSA) is 122 Å². The summed E-state index contributed by atoms with van der Waals surface area (Å²) in [6.07, 6.45) is 0.957. The van der Waals surface area contributed by atoms with Crippen LogP contribution in [-0.4, -0.2) is 53.5 Å². The van der Waals surface area contributed by atoms with E-state index in [1.165, 1.54) is 4.90 Å². The molecule has 1 fully saturated rings. The largest absolute Gasteiger partial charge is 0.481 e. The number of esters is 1. The standard InChI is InChI=1S/C29H36N2O7/c1-4-16-29(17-23(25(29)26(33)34)27(35)37-19-24(32)31(5-2)6-3)28(36)30-18-20-12-14-22(15-13-20)38-21-10-8-7-9-11-21/h7-15,23,25H,4-6,16-19H2,1-3H3,(H,30,36)(H,33,34). The van der Waals surface area contributed by atoms with Crippen LogP contribution in [0.1, 0.15) is 45.6 Å². The van der Waals surface area contributed by atoms with Crippen molar-refractivity contribution in [2.45, 2.75) is 46.6 Å². The van der Waals surface area contributed by atoms with Crippen molar-refractivity contribution in [1.29, 1.82) is 0 Å². The predicted octanol–water partition coefficient (Wildman–Crippen LogP) is 4.01. The van der Waals surface area contributed by atoms with Crippen LogP contribution in [0.3, 0.4) is 0 Å². The number of hydrogen-bond donors (Lipinski definition) is 2. The van der Waals surface area contributed by atoms with E-state index in [2.05, 4.69) is 5.32 Å². The quantitative estimate of drug-likeness (QED) is 0.380. The van der Waals surface area contributed by atoms with E-state index in [0.717, 1.165) is 5.56 Å². The number of nitrogens with zero attached hydrogens (tertiary/aromatic N) is 1. The molecular formula is C29H36N2O7. The van der Waals surface area contributed by atoms with Crippen LogP contribution in [0, 0.1) is 17.3 Å². The van der Waals surface area contributed by atoms with Gasteiger partial charge in [0.2, 0.25) is 5.91 Å². The zero-order valence-electron chi connectivity index (χ0n) is 22.1. The van der Waals surface area contributed by atoms with E-state index in [1.807, 2.05) is 63.2 Å². The van der Waals surface area contributed by atoms with Crippen LogP contribution in [-0.2, 0) is 30.5 Å². The highest BCUT2D eigenvalue weighted by Gasteiger charge is 2.64. The summed E-state index contributed by atoms with van der Waals surface area (Å²) in [6.45, 7) is 6.23. The molecule has 204 valence electrons. The van der Waals surface area contributed by atoms with Gasteiger partial charge in [0.25, 0.3) is 5.91 Å². The van der Waals surface area contributed by atoms with Gasteiger partial charge in [0.05, 0.1) is 17.3 Å². The summed E-state index contributed by atoms with van der Waals surface area (Å²) in [6, 6.07) is 16.6. The lowest BCUT2D eigenvalue weighted by Crippen LogP contribution is -2.61. The number of nitrogens with one attached hydrogen (secondary N) is 1. The number of carbonyl (C=O) groups is 4. The van der Waals surface area contributed by atoms with Gasteiger partial charge in [-0.2, -0.15) is 0 Å². The molecule has 0 saturated heterocycles. The van der Waals surface area contributed by atoms with Crippen molar-refractivity contribution < 1.29 is 33.8 Å². The van der Waals surface area contributed by atoms with Crippen LogP contribution in [0.15, 0.2) is 54.6 Å². The number of carbonyl (C=O) groups excluding carboxylic acids is 3. The van der Waals surface area contributed by atoms with Gasteiger partial charge in [0, 0.05) is 19.6 Å². The molecule has 1 saturated carbocycles. The Bertz CT molecular complexity index is 1120. The Morgan fingerprint density at radius 2 is 1.61 bits per heavy atom. The third kappa shape index (κ3) is 6.51. The SMILES string of the molecule is CCCC1(C(=O)NCc2ccc(Oc3ccccc3)cc2)CC(C(=O)OCC(=O)N(CC)CC)C1C(=O)O. The molecule has 9 nitrogen and oxygen atoms in total. The highest BCUT2D eigenvalue weighted by atomic mass is 16.5. The van der Waals surface area contributed by atoms with Gasteiger partial charge in [-0.05, 0) is 56.5 Å². The van der Waals surface area contributed by atoms with Crippen LogP contribution in [0.25, 0.3) is 0 Å². The second-order valence-corrected chi connectivity index (χ2v) is 9.45. The molecule has 2 aromatic carbocycles. The van der Waals surface area contributed by atoms with Crippen LogP contribution in [0.2, 0.25) is 0 Å². The zero-order valence-corrected chi connectivity index (χ0v) is 22.1. The average molecular weight is 525 g/mol. The molecule has 3 atom stereocenters. The van der Waals surface area contributed by atoms with E-state index >= 15 is 0 Å². The van der Waals surface area contributed by atoms with E-state index in [-0.39, 0.29) is 18.9 Å². The second kappa shape index (κ2) is 13.1. The molecule has 3 rings (SSSR count). The highest BCUT2D eigenvalue weighted by molar-refractivity contribution is 5.95. The fraction of sp³-hybridized carbons (Fsp3) is 0.448. The molecule has 2 aromatic rings. The lowest BCUT2D eigenvalue weighted by molar-refractivity contribution is -0.186. The van der Waals surface area contributed by atoms with Gasteiger partial charge < -0.3 is 24.8 Å². The molecule has 0 aliphatic heterocycles. The summed E-state index contributed by atoms with van der Waals surface area (Å²) in [7, 11) is 0. The lowest BCUT2D eigenvalue weighted by atomic mass is 9.51. The number of likely N-dealkylation sites (N-methyl/N-ethyl adjacent to an activating group) is 1. The van der Waals surface area contributed by atoms with Crippen LogP contribution in [0.5, 0.6) is 11.5 Å². The summed E-state index contributed by atoms with van der Waals surface area (Å²) in [5, 5.41) is 12.8. The Balaban J connectivity index is 1.62. The first-order valence-electron chi connectivity index (χ1n) is 13.0. The number of carboxylic acids is 1. The van der Waals surface area contributed by atoms with Crippen molar-refractivity contribution in [2.75, 3.05) is 19.7 Å². The molecule has 0 heterocycles. The fourth-order valence-corrected chi connectivity index (χ4v) is 5.11. The van der Waals surface area contributed by atoms with Crippen molar-refractivity contribution >= 4 is 23.8 Å². The molecule has 1 aliphatic carbocycles. The lowest BCUT2D eigenvalue weighted by Gasteiger charge is -2.50. The normalized spacial score (nSPS) is 20.1. The van der Waals surface area contributed by atoms with Crippen molar-refractivity contribution in [3.05, 3.63) is 60.2 Å². The van der Waals surface area contributed by atoms with Crippen molar-refractivity contribution in [2.24, 2.45) is 17.3 Å². The maximum Gasteiger partial charge on any atom is 0.310 e. The number of carboxylic acid groups (broad SMARTS) is 1. The van der Waals surface area contributed by atoms with Crippen LogP contribution >= 0.6 is 0 Å². The Hall–Kier alpha value is -3.88. The molecule has 0 spiro atoms.